The van der Waals surface area contributed by atoms with Gasteiger partial charge in [-0.05, 0) is 37.7 Å². The molecule has 1 atom stereocenters. The van der Waals surface area contributed by atoms with Crippen LogP contribution in [0.3, 0.4) is 0 Å². The highest BCUT2D eigenvalue weighted by Gasteiger charge is 2.26. The lowest BCUT2D eigenvalue weighted by Gasteiger charge is -2.23. The van der Waals surface area contributed by atoms with E-state index in [0.29, 0.717) is 17.8 Å². The molecule has 0 radical (unpaired) electrons. The molecule has 1 fully saturated rings. The first-order valence-electron chi connectivity index (χ1n) is 6.32. The Bertz CT molecular complexity index is 440. The molecule has 0 saturated heterocycles. The Hall–Kier alpha value is -1.84. The fraction of sp³-hybridized carbons (Fsp3) is 0.429. The molecule has 0 bridgehead atoms. The van der Waals surface area contributed by atoms with Gasteiger partial charge in [-0.3, -0.25) is 0 Å². The second-order valence-electron chi connectivity index (χ2n) is 4.65. The molecule has 1 aromatic carbocycles. The van der Waals surface area contributed by atoms with Gasteiger partial charge in [0.05, 0.1) is 0 Å². The van der Waals surface area contributed by atoms with Gasteiger partial charge in [0.15, 0.2) is 0 Å². The zero-order chi connectivity index (χ0) is 12.8. The van der Waals surface area contributed by atoms with Gasteiger partial charge in [0.25, 0.3) is 0 Å². The maximum absolute atomic E-state index is 9.06. The Morgan fingerprint density at radius 3 is 2.56 bits per heavy atom. The molecule has 0 spiro atoms. The fourth-order valence-electron chi connectivity index (χ4n) is 2.52. The number of benzene rings is 1. The van der Waals surface area contributed by atoms with Gasteiger partial charge in [-0.2, -0.15) is 0 Å². The molecule has 1 aliphatic rings. The van der Waals surface area contributed by atoms with E-state index in [1.54, 1.807) is 0 Å². The summed E-state index contributed by atoms with van der Waals surface area (Å²) in [6.07, 6.45) is 4.53. The Labute approximate surface area is 107 Å². The van der Waals surface area contributed by atoms with E-state index >= 15 is 0 Å². The molecule has 1 saturated carbocycles. The van der Waals surface area contributed by atoms with Crippen molar-refractivity contribution in [3.05, 3.63) is 35.9 Å². The Balaban J connectivity index is 2.00. The summed E-state index contributed by atoms with van der Waals surface area (Å²) in [6.45, 7) is 0. The van der Waals surface area contributed by atoms with Gasteiger partial charge in [0.1, 0.15) is 11.4 Å². The van der Waals surface area contributed by atoms with Gasteiger partial charge in [-0.15, -0.1) is 0 Å². The maximum atomic E-state index is 9.06. The second-order valence-corrected chi connectivity index (χ2v) is 4.65. The van der Waals surface area contributed by atoms with Crippen LogP contribution in [0.1, 0.15) is 31.2 Å². The SMILES string of the molecule is ON=C1CCCC(CCc2ccccc2)C1=NO. The molecule has 4 nitrogen and oxygen atoms in total. The Kier molecular flexibility index (Phi) is 4.34. The van der Waals surface area contributed by atoms with E-state index in [4.69, 9.17) is 10.4 Å². The first kappa shape index (κ1) is 12.6. The summed E-state index contributed by atoms with van der Waals surface area (Å²) in [7, 11) is 0. The van der Waals surface area contributed by atoms with Crippen LogP contribution in [0, 0.1) is 5.92 Å². The Morgan fingerprint density at radius 1 is 1.11 bits per heavy atom. The van der Waals surface area contributed by atoms with Crippen LogP contribution in [0.2, 0.25) is 0 Å². The van der Waals surface area contributed by atoms with E-state index in [9.17, 15) is 0 Å². The normalized spacial score (nSPS) is 24.6. The van der Waals surface area contributed by atoms with E-state index in [1.165, 1.54) is 5.56 Å². The largest absolute Gasteiger partial charge is 0.411 e. The average molecular weight is 246 g/mol. The molecule has 2 rings (SSSR count). The molecule has 2 N–H and O–H groups in total. The molecule has 0 heterocycles. The number of nitrogens with zero attached hydrogens (tertiary/aromatic N) is 2. The highest BCUT2D eigenvalue weighted by atomic mass is 16.4. The van der Waals surface area contributed by atoms with Gasteiger partial charge in [0.2, 0.25) is 0 Å². The topological polar surface area (TPSA) is 65.2 Å². The third kappa shape index (κ3) is 2.88. The van der Waals surface area contributed by atoms with Gasteiger partial charge in [-0.25, -0.2) is 0 Å². The summed E-state index contributed by atoms with van der Waals surface area (Å²) >= 11 is 0. The molecule has 1 unspecified atom stereocenters. The predicted octanol–water partition coefficient (Wildman–Crippen LogP) is 3.08. The summed E-state index contributed by atoms with van der Waals surface area (Å²) in [4.78, 5) is 0. The molecule has 1 aliphatic carbocycles. The maximum Gasteiger partial charge on any atom is 0.107 e. The number of oxime groups is 2. The minimum Gasteiger partial charge on any atom is -0.411 e. The molecule has 18 heavy (non-hydrogen) atoms. The lowest BCUT2D eigenvalue weighted by atomic mass is 9.82. The average Bonchev–Trinajstić information content (AvgIpc) is 2.45. The second kappa shape index (κ2) is 6.19. The quantitative estimate of drug-likeness (QED) is 0.635. The van der Waals surface area contributed by atoms with E-state index in [1.807, 2.05) is 18.2 Å². The van der Waals surface area contributed by atoms with E-state index in [0.717, 1.165) is 25.7 Å². The van der Waals surface area contributed by atoms with Crippen LogP contribution in [0.5, 0.6) is 0 Å². The van der Waals surface area contributed by atoms with Crippen molar-refractivity contribution < 1.29 is 10.4 Å². The van der Waals surface area contributed by atoms with Crippen molar-refractivity contribution in [2.45, 2.75) is 32.1 Å². The predicted molar refractivity (Wildman–Crippen MR) is 70.5 cm³/mol. The number of hydrogen-bond acceptors (Lipinski definition) is 4. The molecular formula is C14H18N2O2. The van der Waals surface area contributed by atoms with Crippen molar-refractivity contribution in [1.29, 1.82) is 0 Å². The highest BCUT2D eigenvalue weighted by molar-refractivity contribution is 6.43. The summed E-state index contributed by atoms with van der Waals surface area (Å²) in [5, 5.41) is 24.5. The fourth-order valence-corrected chi connectivity index (χ4v) is 2.52. The molecule has 4 heteroatoms. The van der Waals surface area contributed by atoms with Crippen molar-refractivity contribution >= 4 is 11.4 Å². The summed E-state index contributed by atoms with van der Waals surface area (Å²) in [5.74, 6) is 0.190. The standard InChI is InChI=1S/C14H18N2O2/c17-15-13-8-4-7-12(14(13)16-18)10-9-11-5-2-1-3-6-11/h1-3,5-6,12,17-18H,4,7-10H2. The molecule has 1 aromatic rings. The smallest absolute Gasteiger partial charge is 0.107 e. The van der Waals surface area contributed by atoms with Crippen LogP contribution in [-0.4, -0.2) is 21.8 Å². The summed E-state index contributed by atoms with van der Waals surface area (Å²) in [5.41, 5.74) is 2.37. The minimum absolute atomic E-state index is 0.190. The van der Waals surface area contributed by atoms with E-state index in [-0.39, 0.29) is 5.92 Å². The van der Waals surface area contributed by atoms with Gasteiger partial charge < -0.3 is 10.4 Å². The summed E-state index contributed by atoms with van der Waals surface area (Å²) in [6, 6.07) is 10.2. The third-order valence-corrected chi connectivity index (χ3v) is 3.50. The molecule has 0 aliphatic heterocycles. The van der Waals surface area contributed by atoms with Gasteiger partial charge in [0, 0.05) is 5.92 Å². The molecule has 0 amide bonds. The molecule has 96 valence electrons. The lowest BCUT2D eigenvalue weighted by Crippen LogP contribution is -2.29. The zero-order valence-corrected chi connectivity index (χ0v) is 10.3. The summed E-state index contributed by atoms with van der Waals surface area (Å²) < 4.78 is 0. The lowest BCUT2D eigenvalue weighted by molar-refractivity contribution is 0.306. The van der Waals surface area contributed by atoms with Crippen LogP contribution in [0.25, 0.3) is 0 Å². The van der Waals surface area contributed by atoms with E-state index < -0.39 is 0 Å². The van der Waals surface area contributed by atoms with Crippen molar-refractivity contribution in [3.63, 3.8) is 0 Å². The third-order valence-electron chi connectivity index (χ3n) is 3.50. The Morgan fingerprint density at radius 2 is 1.89 bits per heavy atom. The minimum atomic E-state index is 0.190. The van der Waals surface area contributed by atoms with Crippen LogP contribution in [0.15, 0.2) is 40.6 Å². The van der Waals surface area contributed by atoms with Crippen LogP contribution >= 0.6 is 0 Å². The number of hydrogen-bond donors (Lipinski definition) is 2. The monoisotopic (exact) mass is 246 g/mol. The molecule has 0 aromatic heterocycles. The zero-order valence-electron chi connectivity index (χ0n) is 10.3. The van der Waals surface area contributed by atoms with Crippen LogP contribution in [0.4, 0.5) is 0 Å². The number of rotatable bonds is 3. The first-order valence-corrected chi connectivity index (χ1v) is 6.32. The number of aryl methyl sites for hydroxylation is 1. The van der Waals surface area contributed by atoms with Crippen molar-refractivity contribution in [3.8, 4) is 0 Å². The van der Waals surface area contributed by atoms with Gasteiger partial charge >= 0.3 is 0 Å². The van der Waals surface area contributed by atoms with Crippen LogP contribution in [-0.2, 0) is 6.42 Å². The highest BCUT2D eigenvalue weighted by Crippen LogP contribution is 2.24. The van der Waals surface area contributed by atoms with Crippen molar-refractivity contribution in [1.82, 2.24) is 0 Å². The first-order chi connectivity index (χ1) is 8.85. The van der Waals surface area contributed by atoms with Crippen molar-refractivity contribution in [2.24, 2.45) is 16.2 Å². The van der Waals surface area contributed by atoms with Crippen LogP contribution < -0.4 is 0 Å². The van der Waals surface area contributed by atoms with Gasteiger partial charge in [-0.1, -0.05) is 40.6 Å². The van der Waals surface area contributed by atoms with Crippen molar-refractivity contribution in [2.75, 3.05) is 0 Å². The van der Waals surface area contributed by atoms with E-state index in [2.05, 4.69) is 22.4 Å². The molecular weight excluding hydrogens is 228 g/mol.